The molecule has 2 bridgehead atoms. The summed E-state index contributed by atoms with van der Waals surface area (Å²) in [4.78, 5) is 0. The fraction of sp³-hybridized carbons (Fsp3) is 1.00. The summed E-state index contributed by atoms with van der Waals surface area (Å²) in [5.41, 5.74) is 0. The molecule has 70 valence electrons. The molecule has 0 aliphatic carbocycles. The number of nitrogens with zero attached hydrogens (tertiary/aromatic N) is 1. The quantitative estimate of drug-likeness (QED) is 0.588. The van der Waals surface area contributed by atoms with Crippen LogP contribution in [0.5, 0.6) is 0 Å². The number of hydrogen-bond acceptors (Lipinski definition) is 3. The highest BCUT2D eigenvalue weighted by molar-refractivity contribution is 8.11. The Morgan fingerprint density at radius 1 is 1.25 bits per heavy atom. The van der Waals surface area contributed by atoms with Gasteiger partial charge in [-0.2, -0.15) is 12.7 Å². The molecule has 0 spiro atoms. The molecule has 2 rings (SSSR count). The lowest BCUT2D eigenvalue weighted by Gasteiger charge is -2.30. The van der Waals surface area contributed by atoms with Crippen molar-refractivity contribution >= 4 is 19.9 Å². The maximum Gasteiger partial charge on any atom is 0.300 e. The van der Waals surface area contributed by atoms with Gasteiger partial charge in [-0.3, -0.25) is 0 Å². The lowest BCUT2D eigenvalue weighted by Crippen LogP contribution is -2.47. The zero-order chi connectivity index (χ0) is 8.77. The summed E-state index contributed by atoms with van der Waals surface area (Å²) >= 11 is 0. The molecule has 0 N–H and O–H groups in total. The Labute approximate surface area is 76.0 Å². The number of rotatable bonds is 1. The standard InChI is InChI=1S/C6H10ClNO3S/c7-12(9,10)8-5-1-2-6(8)4-11-3-5/h5-6H,1-4H2. The molecule has 2 fully saturated rings. The summed E-state index contributed by atoms with van der Waals surface area (Å²) in [7, 11) is 1.75. The number of ether oxygens (including phenoxy) is 1. The fourth-order valence-electron chi connectivity index (χ4n) is 1.95. The predicted octanol–water partition coefficient (Wildman–Crippen LogP) is 0.333. The Morgan fingerprint density at radius 2 is 1.75 bits per heavy atom. The van der Waals surface area contributed by atoms with E-state index >= 15 is 0 Å². The molecule has 12 heavy (non-hydrogen) atoms. The van der Waals surface area contributed by atoms with Crippen LogP contribution < -0.4 is 0 Å². The van der Waals surface area contributed by atoms with E-state index in [0.717, 1.165) is 12.8 Å². The van der Waals surface area contributed by atoms with Crippen LogP contribution in [-0.2, 0) is 14.0 Å². The molecule has 0 aromatic rings. The molecule has 0 saturated carbocycles. The lowest BCUT2D eigenvalue weighted by molar-refractivity contribution is 0.0280. The predicted molar refractivity (Wildman–Crippen MR) is 44.2 cm³/mol. The van der Waals surface area contributed by atoms with E-state index in [-0.39, 0.29) is 12.1 Å². The van der Waals surface area contributed by atoms with Crippen LogP contribution in [0.15, 0.2) is 0 Å². The van der Waals surface area contributed by atoms with Crippen LogP contribution in [0.1, 0.15) is 12.8 Å². The van der Waals surface area contributed by atoms with Gasteiger partial charge in [-0.25, -0.2) is 0 Å². The smallest absolute Gasteiger partial charge is 0.300 e. The molecule has 0 amide bonds. The van der Waals surface area contributed by atoms with Gasteiger partial charge in [-0.15, -0.1) is 0 Å². The number of halogens is 1. The molecule has 2 aliphatic rings. The lowest BCUT2D eigenvalue weighted by atomic mass is 10.2. The Kier molecular flexibility index (Phi) is 2.07. The van der Waals surface area contributed by atoms with Gasteiger partial charge in [0.2, 0.25) is 0 Å². The Balaban J connectivity index is 2.27. The van der Waals surface area contributed by atoms with E-state index in [1.807, 2.05) is 0 Å². The van der Waals surface area contributed by atoms with Crippen molar-refractivity contribution < 1.29 is 13.2 Å². The third-order valence-corrected chi connectivity index (χ3v) is 4.00. The monoisotopic (exact) mass is 211 g/mol. The van der Waals surface area contributed by atoms with E-state index in [1.54, 1.807) is 0 Å². The van der Waals surface area contributed by atoms with E-state index in [1.165, 1.54) is 4.31 Å². The normalized spacial score (nSPS) is 37.1. The van der Waals surface area contributed by atoms with Gasteiger partial charge in [0.1, 0.15) is 0 Å². The van der Waals surface area contributed by atoms with Crippen LogP contribution in [0.25, 0.3) is 0 Å². The first kappa shape index (κ1) is 8.74. The number of hydrogen-bond donors (Lipinski definition) is 0. The Hall–Kier alpha value is 0.160. The average molecular weight is 212 g/mol. The SMILES string of the molecule is O=S(=O)(Cl)N1C2CCC1COC2. The van der Waals surface area contributed by atoms with Crippen molar-refractivity contribution in [3.8, 4) is 0 Å². The second-order valence-corrected chi connectivity index (χ2v) is 5.61. The molecule has 2 heterocycles. The Morgan fingerprint density at radius 3 is 2.08 bits per heavy atom. The van der Waals surface area contributed by atoms with Gasteiger partial charge in [0.15, 0.2) is 0 Å². The third-order valence-electron chi connectivity index (χ3n) is 2.43. The van der Waals surface area contributed by atoms with Crippen LogP contribution in [0.3, 0.4) is 0 Å². The van der Waals surface area contributed by atoms with Crippen molar-refractivity contribution in [3.63, 3.8) is 0 Å². The molecule has 0 radical (unpaired) electrons. The van der Waals surface area contributed by atoms with E-state index in [4.69, 9.17) is 15.4 Å². The van der Waals surface area contributed by atoms with Crippen LogP contribution in [0.2, 0.25) is 0 Å². The average Bonchev–Trinajstić information content (AvgIpc) is 2.23. The molecule has 2 unspecified atom stereocenters. The summed E-state index contributed by atoms with van der Waals surface area (Å²) in [5.74, 6) is 0. The summed E-state index contributed by atoms with van der Waals surface area (Å²) < 4.78 is 28.8. The van der Waals surface area contributed by atoms with E-state index in [9.17, 15) is 8.42 Å². The highest BCUT2D eigenvalue weighted by Gasteiger charge is 2.43. The molecule has 0 aromatic heterocycles. The van der Waals surface area contributed by atoms with Crippen LogP contribution >= 0.6 is 10.7 Å². The molecular formula is C6H10ClNO3S. The van der Waals surface area contributed by atoms with Crippen LogP contribution in [0, 0.1) is 0 Å². The number of morpholine rings is 1. The second kappa shape index (κ2) is 2.83. The summed E-state index contributed by atoms with van der Waals surface area (Å²) in [6.45, 7) is 0.977. The summed E-state index contributed by atoms with van der Waals surface area (Å²) in [5, 5.41) is 0. The van der Waals surface area contributed by atoms with Crippen molar-refractivity contribution in [2.45, 2.75) is 24.9 Å². The first-order valence-corrected chi connectivity index (χ1v) is 6.16. The van der Waals surface area contributed by atoms with Gasteiger partial charge in [0.05, 0.1) is 13.2 Å². The second-order valence-electron chi connectivity index (χ2n) is 3.19. The summed E-state index contributed by atoms with van der Waals surface area (Å²) in [6.07, 6.45) is 1.74. The van der Waals surface area contributed by atoms with Crippen molar-refractivity contribution in [2.75, 3.05) is 13.2 Å². The third kappa shape index (κ3) is 1.35. The van der Waals surface area contributed by atoms with Crippen LogP contribution in [-0.4, -0.2) is 38.0 Å². The van der Waals surface area contributed by atoms with E-state index in [0.29, 0.717) is 13.2 Å². The van der Waals surface area contributed by atoms with Gasteiger partial charge in [0.25, 0.3) is 9.24 Å². The first-order chi connectivity index (χ1) is 5.59. The van der Waals surface area contributed by atoms with Gasteiger partial charge < -0.3 is 4.74 Å². The topological polar surface area (TPSA) is 46.6 Å². The van der Waals surface area contributed by atoms with Crippen molar-refractivity contribution in [1.82, 2.24) is 4.31 Å². The van der Waals surface area contributed by atoms with Crippen molar-refractivity contribution in [2.24, 2.45) is 0 Å². The molecule has 2 atom stereocenters. The zero-order valence-electron chi connectivity index (χ0n) is 6.44. The minimum Gasteiger partial charge on any atom is -0.378 e. The highest BCUT2D eigenvalue weighted by atomic mass is 35.7. The van der Waals surface area contributed by atoms with E-state index in [2.05, 4.69) is 0 Å². The van der Waals surface area contributed by atoms with Gasteiger partial charge in [-0.1, -0.05) is 0 Å². The van der Waals surface area contributed by atoms with Crippen LogP contribution in [0.4, 0.5) is 0 Å². The van der Waals surface area contributed by atoms with Gasteiger partial charge in [0, 0.05) is 22.8 Å². The minimum absolute atomic E-state index is 0.0220. The van der Waals surface area contributed by atoms with Crippen molar-refractivity contribution in [1.29, 1.82) is 0 Å². The van der Waals surface area contributed by atoms with Crippen molar-refractivity contribution in [3.05, 3.63) is 0 Å². The van der Waals surface area contributed by atoms with E-state index < -0.39 is 9.24 Å². The fourth-order valence-corrected chi connectivity index (χ4v) is 3.67. The molecule has 0 aromatic carbocycles. The van der Waals surface area contributed by atoms with Gasteiger partial charge in [-0.05, 0) is 12.8 Å². The highest BCUT2D eigenvalue weighted by Crippen LogP contribution is 2.32. The first-order valence-electron chi connectivity index (χ1n) is 3.90. The summed E-state index contributed by atoms with van der Waals surface area (Å²) in [6, 6.07) is -0.0440. The number of fused-ring (bicyclic) bond motifs is 2. The molecule has 4 nitrogen and oxygen atoms in total. The molecular weight excluding hydrogens is 202 g/mol. The zero-order valence-corrected chi connectivity index (χ0v) is 8.01. The molecule has 2 aliphatic heterocycles. The molecule has 6 heteroatoms. The Bertz CT molecular complexity index is 263. The molecule has 2 saturated heterocycles. The maximum atomic E-state index is 11.1. The minimum atomic E-state index is -3.54. The maximum absolute atomic E-state index is 11.1. The van der Waals surface area contributed by atoms with Gasteiger partial charge >= 0.3 is 0 Å². The largest absolute Gasteiger partial charge is 0.378 e.